The van der Waals surface area contributed by atoms with Crippen LogP contribution in [0.15, 0.2) is 24.8 Å². The van der Waals surface area contributed by atoms with Gasteiger partial charge in [-0.1, -0.05) is 38.6 Å². The maximum Gasteiger partial charge on any atom is -0.0158 e. The van der Waals surface area contributed by atoms with E-state index in [0.29, 0.717) is 5.92 Å². The van der Waals surface area contributed by atoms with E-state index in [-0.39, 0.29) is 0 Å². The molecule has 1 aliphatic carbocycles. The van der Waals surface area contributed by atoms with E-state index in [4.69, 9.17) is 0 Å². The van der Waals surface area contributed by atoms with Crippen molar-refractivity contribution in [3.05, 3.63) is 47.5 Å². The molecule has 1 aromatic carbocycles. The zero-order chi connectivity index (χ0) is 10.1. The Labute approximate surface area is 86.7 Å². The first kappa shape index (κ1) is 9.51. The molecular weight excluding hydrogens is 168 g/mol. The molecule has 0 amide bonds. The van der Waals surface area contributed by atoms with Crippen LogP contribution in [0.4, 0.5) is 0 Å². The third-order valence-corrected chi connectivity index (χ3v) is 2.93. The summed E-state index contributed by atoms with van der Waals surface area (Å²) >= 11 is 0. The maximum atomic E-state index is 3.70. The van der Waals surface area contributed by atoms with Gasteiger partial charge in [0.2, 0.25) is 0 Å². The van der Waals surface area contributed by atoms with Crippen molar-refractivity contribution in [2.24, 2.45) is 0 Å². The summed E-state index contributed by atoms with van der Waals surface area (Å²) in [6.45, 7) is 8.23. The Morgan fingerprint density at radius 2 is 2.07 bits per heavy atom. The number of hydrogen-bond donors (Lipinski definition) is 0. The highest BCUT2D eigenvalue weighted by molar-refractivity contribution is 5.40. The number of benzene rings is 1. The van der Waals surface area contributed by atoms with Crippen molar-refractivity contribution in [1.82, 2.24) is 0 Å². The summed E-state index contributed by atoms with van der Waals surface area (Å²) in [7, 11) is 0. The van der Waals surface area contributed by atoms with Gasteiger partial charge in [0.15, 0.2) is 0 Å². The average Bonchev–Trinajstić information content (AvgIpc) is 3.00. The van der Waals surface area contributed by atoms with Crippen LogP contribution >= 0.6 is 0 Å². The molecule has 0 nitrogen and oxygen atoms in total. The second kappa shape index (κ2) is 3.61. The van der Waals surface area contributed by atoms with Crippen molar-refractivity contribution in [3.63, 3.8) is 0 Å². The van der Waals surface area contributed by atoms with Gasteiger partial charge in [-0.2, -0.15) is 0 Å². The summed E-state index contributed by atoms with van der Waals surface area (Å²) in [5.41, 5.74) is 4.18. The molecule has 1 aliphatic rings. The molecule has 0 unspecified atom stereocenters. The lowest BCUT2D eigenvalue weighted by atomic mass is 9.93. The summed E-state index contributed by atoms with van der Waals surface area (Å²) in [6, 6.07) is 6.63. The van der Waals surface area contributed by atoms with Crippen LogP contribution in [0.25, 0.3) is 0 Å². The molecule has 0 bridgehead atoms. The third kappa shape index (κ3) is 1.75. The summed E-state index contributed by atoms with van der Waals surface area (Å²) < 4.78 is 0. The average molecular weight is 185 g/mol. The summed E-state index contributed by atoms with van der Waals surface area (Å²) in [5.74, 6) is 1.45. The molecule has 0 spiro atoms. The highest BCUT2D eigenvalue weighted by Crippen LogP contribution is 2.43. The van der Waals surface area contributed by atoms with E-state index in [1.165, 1.54) is 24.0 Å². The lowest BCUT2D eigenvalue weighted by Gasteiger charge is -2.12. The molecule has 73 valence electrons. The Morgan fingerprint density at radius 3 is 2.57 bits per heavy atom. The van der Waals surface area contributed by atoms with Crippen LogP contribution in [0.1, 0.15) is 55.2 Å². The fourth-order valence-corrected chi connectivity index (χ4v) is 1.96. The van der Waals surface area contributed by atoms with E-state index in [0.717, 1.165) is 11.5 Å². The van der Waals surface area contributed by atoms with Crippen LogP contribution in [0, 0.1) is 6.08 Å². The van der Waals surface area contributed by atoms with Crippen molar-refractivity contribution >= 4 is 0 Å². The minimum absolute atomic E-state index is 0.629. The molecule has 1 saturated carbocycles. The molecule has 0 heteroatoms. The smallest absolute Gasteiger partial charge is 0.0158 e. The predicted octanol–water partition coefficient (Wildman–Crippen LogP) is 4.02. The first-order valence-electron chi connectivity index (χ1n) is 5.39. The van der Waals surface area contributed by atoms with Crippen LogP contribution in [0.5, 0.6) is 0 Å². The topological polar surface area (TPSA) is 0 Å². The van der Waals surface area contributed by atoms with E-state index in [9.17, 15) is 0 Å². The third-order valence-electron chi connectivity index (χ3n) is 2.93. The van der Waals surface area contributed by atoms with E-state index >= 15 is 0 Å². The van der Waals surface area contributed by atoms with Gasteiger partial charge < -0.3 is 0 Å². The largest absolute Gasteiger partial charge is 0.0906 e. The van der Waals surface area contributed by atoms with E-state index < -0.39 is 0 Å². The molecule has 1 radical (unpaired) electrons. The number of hydrogen-bond acceptors (Lipinski definition) is 0. The first-order valence-corrected chi connectivity index (χ1v) is 5.39. The van der Waals surface area contributed by atoms with Crippen molar-refractivity contribution in [2.45, 2.75) is 38.5 Å². The van der Waals surface area contributed by atoms with Gasteiger partial charge in [-0.3, -0.25) is 0 Å². The number of rotatable bonds is 3. The van der Waals surface area contributed by atoms with Crippen LogP contribution in [-0.2, 0) is 0 Å². The lowest BCUT2D eigenvalue weighted by Crippen LogP contribution is -1.95. The van der Waals surface area contributed by atoms with Gasteiger partial charge in [-0.25, -0.2) is 0 Å². The molecule has 0 N–H and O–H groups in total. The van der Waals surface area contributed by atoms with Gasteiger partial charge in [0, 0.05) is 0 Å². The first-order chi connectivity index (χ1) is 6.72. The van der Waals surface area contributed by atoms with Crippen molar-refractivity contribution < 1.29 is 0 Å². The summed E-state index contributed by atoms with van der Waals surface area (Å²) in [4.78, 5) is 0. The molecule has 2 rings (SSSR count). The summed E-state index contributed by atoms with van der Waals surface area (Å²) in [5, 5.41) is 0. The van der Waals surface area contributed by atoms with E-state index in [1.807, 2.05) is 0 Å². The van der Waals surface area contributed by atoms with Gasteiger partial charge >= 0.3 is 0 Å². The van der Waals surface area contributed by atoms with Crippen LogP contribution in [0.3, 0.4) is 0 Å². The molecule has 14 heavy (non-hydrogen) atoms. The summed E-state index contributed by atoms with van der Waals surface area (Å²) in [6.07, 6.45) is 5.69. The standard InChI is InChI=1S/C14H17/c1-4-11-5-8-13(10(2)3)14(9-11)12-6-7-12/h5,8-10,12H,1,6-7H2,2-3H3. The van der Waals surface area contributed by atoms with Crippen LogP contribution in [-0.4, -0.2) is 0 Å². The van der Waals surface area contributed by atoms with Crippen molar-refractivity contribution in [3.8, 4) is 0 Å². The molecule has 0 aliphatic heterocycles. The lowest BCUT2D eigenvalue weighted by molar-refractivity contribution is 0.841. The predicted molar refractivity (Wildman–Crippen MR) is 60.5 cm³/mol. The van der Waals surface area contributed by atoms with Gasteiger partial charge in [-0.15, -0.1) is 0 Å². The van der Waals surface area contributed by atoms with Crippen LogP contribution < -0.4 is 0 Å². The second-order valence-corrected chi connectivity index (χ2v) is 4.45. The van der Waals surface area contributed by atoms with Crippen LogP contribution in [0.2, 0.25) is 0 Å². The maximum absolute atomic E-state index is 3.70. The molecular formula is C14H17. The quantitative estimate of drug-likeness (QED) is 0.667. The zero-order valence-corrected chi connectivity index (χ0v) is 9.01. The molecule has 0 aromatic heterocycles. The Morgan fingerprint density at radius 1 is 1.36 bits per heavy atom. The fourth-order valence-electron chi connectivity index (χ4n) is 1.96. The van der Waals surface area contributed by atoms with Gasteiger partial charge in [0.05, 0.1) is 0 Å². The normalized spacial score (nSPS) is 15.9. The SMILES string of the molecule is C=[C]c1ccc(C(C)C)c(C2CC2)c1. The van der Waals surface area contributed by atoms with Crippen molar-refractivity contribution in [1.29, 1.82) is 0 Å². The molecule has 1 fully saturated rings. The minimum Gasteiger partial charge on any atom is -0.0906 e. The molecule has 0 saturated heterocycles. The van der Waals surface area contributed by atoms with Gasteiger partial charge in [-0.05, 0) is 47.4 Å². The van der Waals surface area contributed by atoms with Gasteiger partial charge in [0.1, 0.15) is 0 Å². The Bertz CT molecular complexity index is 343. The van der Waals surface area contributed by atoms with Crippen molar-refractivity contribution in [2.75, 3.05) is 0 Å². The fraction of sp³-hybridized carbons (Fsp3) is 0.429. The Balaban J connectivity index is 2.43. The Hall–Kier alpha value is -1.04. The Kier molecular flexibility index (Phi) is 2.45. The zero-order valence-electron chi connectivity index (χ0n) is 9.01. The van der Waals surface area contributed by atoms with Gasteiger partial charge in [0.25, 0.3) is 0 Å². The molecule has 0 heterocycles. The molecule has 1 aromatic rings. The monoisotopic (exact) mass is 185 g/mol. The van der Waals surface area contributed by atoms with E-state index in [2.05, 4.69) is 44.7 Å². The highest BCUT2D eigenvalue weighted by atomic mass is 14.3. The molecule has 0 atom stereocenters. The second-order valence-electron chi connectivity index (χ2n) is 4.45. The van der Waals surface area contributed by atoms with E-state index in [1.54, 1.807) is 0 Å². The minimum atomic E-state index is 0.629. The highest BCUT2D eigenvalue weighted by Gasteiger charge is 2.26.